The number of halogens is 3. The number of hydrogen-bond donors (Lipinski definition) is 0. The maximum absolute atomic E-state index is 13.8. The lowest BCUT2D eigenvalue weighted by Gasteiger charge is -2.42. The number of benzene rings is 1. The molecule has 0 N–H and O–H groups in total. The fourth-order valence-electron chi connectivity index (χ4n) is 3.58. The molecule has 1 aliphatic rings. The topological polar surface area (TPSA) is 64.2 Å². The summed E-state index contributed by atoms with van der Waals surface area (Å²) in [4.78, 5) is 12.1. The highest BCUT2D eigenvalue weighted by Gasteiger charge is 2.39. The molecule has 0 saturated carbocycles. The summed E-state index contributed by atoms with van der Waals surface area (Å²) in [6.45, 7) is 2.34. The highest BCUT2D eigenvalue weighted by molar-refractivity contribution is 6.31. The number of nitrogens with zero attached hydrogens (tertiary/aromatic N) is 4. The molecular weight excluding hydrogens is 366 g/mol. The summed E-state index contributed by atoms with van der Waals surface area (Å²) in [7, 11) is 0. The summed E-state index contributed by atoms with van der Waals surface area (Å²) in [6.07, 6.45) is -0.793. The molecule has 2 heterocycles. The van der Waals surface area contributed by atoms with Crippen LogP contribution in [0.4, 0.5) is 14.5 Å². The van der Waals surface area contributed by atoms with Gasteiger partial charge in [-0.05, 0) is 25.3 Å². The summed E-state index contributed by atoms with van der Waals surface area (Å²) in [5.74, 6) is 0. The molecule has 6 nitrogen and oxygen atoms in total. The van der Waals surface area contributed by atoms with Crippen LogP contribution in [0.15, 0.2) is 36.5 Å². The second-order valence-electron chi connectivity index (χ2n) is 6.43. The van der Waals surface area contributed by atoms with E-state index < -0.39 is 23.4 Å². The van der Waals surface area contributed by atoms with Crippen LogP contribution in [0, 0.1) is 10.1 Å². The van der Waals surface area contributed by atoms with Crippen LogP contribution in [0.2, 0.25) is 5.15 Å². The third kappa shape index (κ3) is 3.57. The molecule has 0 radical (unpaired) electrons. The van der Waals surface area contributed by atoms with Gasteiger partial charge in [-0.1, -0.05) is 41.9 Å². The Morgan fingerprint density at radius 3 is 2.62 bits per heavy atom. The van der Waals surface area contributed by atoms with Crippen molar-refractivity contribution in [2.24, 2.45) is 0 Å². The van der Waals surface area contributed by atoms with E-state index in [0.717, 1.165) is 11.8 Å². The molecule has 0 spiro atoms. The standard InChI is InChI=1S/C17H19ClF2N4O2/c1-11(12-5-3-2-4-6-12)22-8-7-13(9-14(22)17(19)20)23-16(18)15(10-21-23)24(25)26/h2-6,10-11,13-14,17H,7-9H2,1H3/t11-,13-,14?/m1/s1. The number of alkyl halides is 2. The highest BCUT2D eigenvalue weighted by Crippen LogP contribution is 2.38. The van der Waals surface area contributed by atoms with Crippen molar-refractivity contribution in [2.45, 2.75) is 44.3 Å². The van der Waals surface area contributed by atoms with Crippen molar-refractivity contribution >= 4 is 17.3 Å². The molecule has 1 aromatic carbocycles. The fraction of sp³-hybridized carbons (Fsp3) is 0.471. The molecule has 1 saturated heterocycles. The Kier molecular flexibility index (Phi) is 5.52. The molecule has 1 aliphatic heterocycles. The van der Waals surface area contributed by atoms with Crippen LogP contribution in [-0.2, 0) is 0 Å². The number of rotatable bonds is 5. The molecule has 140 valence electrons. The molecule has 0 bridgehead atoms. The molecule has 1 fully saturated rings. The Hall–Kier alpha value is -2.06. The van der Waals surface area contributed by atoms with E-state index in [0.29, 0.717) is 13.0 Å². The minimum Gasteiger partial charge on any atom is -0.288 e. The lowest BCUT2D eigenvalue weighted by molar-refractivity contribution is -0.384. The Labute approximate surface area is 154 Å². The molecule has 9 heteroatoms. The Bertz CT molecular complexity index is 771. The van der Waals surface area contributed by atoms with Crippen LogP contribution in [0.5, 0.6) is 0 Å². The van der Waals surface area contributed by atoms with Crippen molar-refractivity contribution in [1.82, 2.24) is 14.7 Å². The molecule has 1 unspecified atom stereocenters. The molecule has 0 amide bonds. The second-order valence-corrected chi connectivity index (χ2v) is 6.78. The van der Waals surface area contributed by atoms with Gasteiger partial charge >= 0.3 is 5.69 Å². The van der Waals surface area contributed by atoms with Gasteiger partial charge in [0.25, 0.3) is 6.43 Å². The molecular formula is C17H19ClF2N4O2. The fourth-order valence-corrected chi connectivity index (χ4v) is 3.88. The predicted molar refractivity (Wildman–Crippen MR) is 93.5 cm³/mol. The van der Waals surface area contributed by atoms with Gasteiger partial charge in [0.05, 0.1) is 17.0 Å². The summed E-state index contributed by atoms with van der Waals surface area (Å²) in [5, 5.41) is 14.8. The Balaban J connectivity index is 1.81. The van der Waals surface area contributed by atoms with Crippen molar-refractivity contribution < 1.29 is 13.7 Å². The van der Waals surface area contributed by atoms with Gasteiger partial charge in [0, 0.05) is 12.6 Å². The van der Waals surface area contributed by atoms with E-state index in [-0.39, 0.29) is 23.3 Å². The van der Waals surface area contributed by atoms with Crippen LogP contribution in [-0.4, -0.2) is 38.6 Å². The van der Waals surface area contributed by atoms with Crippen molar-refractivity contribution in [3.8, 4) is 0 Å². The largest absolute Gasteiger partial charge is 0.325 e. The zero-order valence-corrected chi connectivity index (χ0v) is 14.9. The lowest BCUT2D eigenvalue weighted by atomic mass is 9.94. The SMILES string of the molecule is C[C@H](c1ccccc1)N1CC[C@@H](n2ncc([N+](=O)[O-])c2Cl)CC1C(F)F. The van der Waals surface area contributed by atoms with Gasteiger partial charge in [0.1, 0.15) is 6.20 Å². The Morgan fingerprint density at radius 1 is 1.35 bits per heavy atom. The van der Waals surface area contributed by atoms with Gasteiger partial charge in [-0.2, -0.15) is 5.10 Å². The smallest absolute Gasteiger partial charge is 0.288 e. The first-order chi connectivity index (χ1) is 12.4. The molecule has 1 aromatic heterocycles. The van der Waals surface area contributed by atoms with Gasteiger partial charge in [-0.3, -0.25) is 15.0 Å². The van der Waals surface area contributed by atoms with E-state index in [1.165, 1.54) is 4.68 Å². The van der Waals surface area contributed by atoms with Crippen molar-refractivity contribution in [2.75, 3.05) is 6.54 Å². The molecule has 3 rings (SSSR count). The van der Waals surface area contributed by atoms with Gasteiger partial charge in [0.15, 0.2) is 0 Å². The minimum absolute atomic E-state index is 0.113. The number of piperidine rings is 1. The summed E-state index contributed by atoms with van der Waals surface area (Å²) in [5.41, 5.74) is 0.671. The van der Waals surface area contributed by atoms with E-state index in [9.17, 15) is 18.9 Å². The van der Waals surface area contributed by atoms with Crippen LogP contribution >= 0.6 is 11.6 Å². The van der Waals surface area contributed by atoms with E-state index in [4.69, 9.17) is 11.6 Å². The summed E-state index contributed by atoms with van der Waals surface area (Å²) >= 11 is 6.03. The van der Waals surface area contributed by atoms with E-state index in [1.807, 2.05) is 37.3 Å². The van der Waals surface area contributed by atoms with Gasteiger partial charge in [0.2, 0.25) is 5.15 Å². The van der Waals surface area contributed by atoms with Gasteiger partial charge < -0.3 is 0 Å². The van der Waals surface area contributed by atoms with Gasteiger partial charge in [-0.15, -0.1) is 0 Å². The predicted octanol–water partition coefficient (Wildman–Crippen LogP) is 4.48. The first kappa shape index (κ1) is 18.7. The monoisotopic (exact) mass is 384 g/mol. The lowest BCUT2D eigenvalue weighted by Crippen LogP contribution is -2.48. The molecule has 26 heavy (non-hydrogen) atoms. The zero-order valence-electron chi connectivity index (χ0n) is 14.1. The van der Waals surface area contributed by atoms with Crippen LogP contribution in [0.1, 0.15) is 37.4 Å². The minimum atomic E-state index is -2.53. The summed E-state index contributed by atoms with van der Waals surface area (Å²) in [6, 6.07) is 7.99. The average molecular weight is 385 g/mol. The second kappa shape index (κ2) is 7.67. The van der Waals surface area contributed by atoms with Crippen LogP contribution < -0.4 is 0 Å². The average Bonchev–Trinajstić information content (AvgIpc) is 3.03. The van der Waals surface area contributed by atoms with Crippen LogP contribution in [0.25, 0.3) is 0 Å². The maximum atomic E-state index is 13.8. The van der Waals surface area contributed by atoms with E-state index in [2.05, 4.69) is 5.10 Å². The number of nitro groups is 1. The van der Waals surface area contributed by atoms with E-state index in [1.54, 1.807) is 4.90 Å². The Morgan fingerprint density at radius 2 is 2.04 bits per heavy atom. The molecule has 0 aliphatic carbocycles. The van der Waals surface area contributed by atoms with Crippen molar-refractivity contribution in [1.29, 1.82) is 0 Å². The zero-order chi connectivity index (χ0) is 18.8. The third-order valence-corrected chi connectivity index (χ3v) is 5.36. The first-order valence-electron chi connectivity index (χ1n) is 8.36. The molecule has 2 aromatic rings. The van der Waals surface area contributed by atoms with Crippen LogP contribution in [0.3, 0.4) is 0 Å². The highest BCUT2D eigenvalue weighted by atomic mass is 35.5. The normalized spacial score (nSPS) is 22.5. The van der Waals surface area contributed by atoms with E-state index >= 15 is 0 Å². The van der Waals surface area contributed by atoms with Gasteiger partial charge in [-0.25, -0.2) is 13.5 Å². The first-order valence-corrected chi connectivity index (χ1v) is 8.74. The van der Waals surface area contributed by atoms with Crippen molar-refractivity contribution in [3.05, 3.63) is 57.4 Å². The third-order valence-electron chi connectivity index (χ3n) is 4.99. The quantitative estimate of drug-likeness (QED) is 0.563. The molecule has 3 atom stereocenters. The summed E-state index contributed by atoms with van der Waals surface area (Å²) < 4.78 is 28.8. The maximum Gasteiger partial charge on any atom is 0.325 e. The number of hydrogen-bond acceptors (Lipinski definition) is 4. The number of likely N-dealkylation sites (tertiary alicyclic amines) is 1. The number of aromatic nitrogens is 2. The van der Waals surface area contributed by atoms with Crippen molar-refractivity contribution in [3.63, 3.8) is 0 Å².